The van der Waals surface area contributed by atoms with Crippen LogP contribution in [0, 0.1) is 5.41 Å². The van der Waals surface area contributed by atoms with Crippen molar-refractivity contribution < 1.29 is 47.5 Å². The van der Waals surface area contributed by atoms with Crippen LogP contribution in [-0.2, 0) is 47.5 Å². The number of hydrogen-bond donors (Lipinski definition) is 0. The van der Waals surface area contributed by atoms with E-state index in [1.54, 1.807) is 0 Å². The van der Waals surface area contributed by atoms with Gasteiger partial charge < -0.3 is 42.8 Å². The molecule has 1 fully saturated rings. The molecule has 0 amide bonds. The standard InChI is InChI=1S/C56H109NO10/c1-7-13-17-21-25-29-33-43-60-53(61-44-34-30-26-22-18-14-8-2)39-37-51(58)64-47-56(49-66-55(67-50-56)41-42-57(11-5)12-6)48-65-52(59)38-40-54(62-45-35-31-27-23-19-15-9-3)63-46-36-32-28-24-20-16-10-4/h53-55H,7-50H2,1-6H3. The third-order valence-electron chi connectivity index (χ3n) is 13.2. The highest BCUT2D eigenvalue weighted by molar-refractivity contribution is 5.70. The second kappa shape index (κ2) is 47.0. The molecule has 11 nitrogen and oxygen atoms in total. The quantitative estimate of drug-likeness (QED) is 0.0330. The zero-order valence-electron chi connectivity index (χ0n) is 44.9. The van der Waals surface area contributed by atoms with Gasteiger partial charge in [0.25, 0.3) is 0 Å². The zero-order valence-corrected chi connectivity index (χ0v) is 44.9. The normalized spacial score (nSPS) is 14.2. The summed E-state index contributed by atoms with van der Waals surface area (Å²) in [4.78, 5) is 29.1. The molecule has 0 unspecified atom stereocenters. The first-order valence-corrected chi connectivity index (χ1v) is 28.6. The van der Waals surface area contributed by atoms with Crippen LogP contribution in [0.25, 0.3) is 0 Å². The van der Waals surface area contributed by atoms with E-state index in [1.807, 2.05) is 0 Å². The fourth-order valence-electron chi connectivity index (χ4n) is 8.44. The van der Waals surface area contributed by atoms with Crippen molar-refractivity contribution in [3.05, 3.63) is 0 Å². The van der Waals surface area contributed by atoms with E-state index in [4.69, 9.17) is 37.9 Å². The first-order chi connectivity index (χ1) is 32.8. The summed E-state index contributed by atoms with van der Waals surface area (Å²) in [6.45, 7) is 19.1. The van der Waals surface area contributed by atoms with E-state index in [0.717, 1.165) is 77.4 Å². The fraction of sp³-hybridized carbons (Fsp3) is 0.964. The minimum atomic E-state index is -0.821. The Labute approximate surface area is 413 Å². The van der Waals surface area contributed by atoms with Crippen molar-refractivity contribution in [2.24, 2.45) is 5.41 Å². The average Bonchev–Trinajstić information content (AvgIpc) is 3.34. The topological polar surface area (TPSA) is 111 Å². The summed E-state index contributed by atoms with van der Waals surface area (Å²) in [6.07, 6.45) is 34.6. The molecule has 0 aromatic rings. The summed E-state index contributed by atoms with van der Waals surface area (Å²) in [5.74, 6) is -0.671. The highest BCUT2D eigenvalue weighted by Gasteiger charge is 2.40. The zero-order chi connectivity index (χ0) is 48.7. The Morgan fingerprint density at radius 3 is 1.06 bits per heavy atom. The van der Waals surface area contributed by atoms with Gasteiger partial charge in [-0.3, -0.25) is 9.59 Å². The lowest BCUT2D eigenvalue weighted by molar-refractivity contribution is -0.250. The van der Waals surface area contributed by atoms with Crippen LogP contribution >= 0.6 is 0 Å². The van der Waals surface area contributed by atoms with E-state index >= 15 is 0 Å². The van der Waals surface area contributed by atoms with Crippen LogP contribution in [0.2, 0.25) is 0 Å². The van der Waals surface area contributed by atoms with E-state index in [2.05, 4.69) is 46.4 Å². The van der Waals surface area contributed by atoms with Crippen LogP contribution < -0.4 is 0 Å². The average molecular weight is 956 g/mol. The first-order valence-electron chi connectivity index (χ1n) is 28.6. The summed E-state index contributed by atoms with van der Waals surface area (Å²) in [7, 11) is 0. The maximum Gasteiger partial charge on any atom is 0.305 e. The molecule has 1 heterocycles. The maximum absolute atomic E-state index is 13.4. The monoisotopic (exact) mass is 956 g/mol. The molecule has 0 radical (unpaired) electrons. The Kier molecular flexibility index (Phi) is 44.7. The molecule has 1 rings (SSSR count). The Balaban J connectivity index is 2.83. The Morgan fingerprint density at radius 1 is 0.463 bits per heavy atom. The lowest BCUT2D eigenvalue weighted by Gasteiger charge is -2.39. The fourth-order valence-corrected chi connectivity index (χ4v) is 8.44. The number of unbranched alkanes of at least 4 members (excludes halogenated alkanes) is 24. The lowest BCUT2D eigenvalue weighted by atomic mass is 9.91. The molecule has 1 aliphatic rings. The van der Waals surface area contributed by atoms with Crippen LogP contribution in [0.1, 0.15) is 253 Å². The Morgan fingerprint density at radius 2 is 0.761 bits per heavy atom. The van der Waals surface area contributed by atoms with Crippen molar-refractivity contribution in [2.45, 2.75) is 272 Å². The van der Waals surface area contributed by atoms with E-state index in [9.17, 15) is 9.59 Å². The van der Waals surface area contributed by atoms with Crippen molar-refractivity contribution in [1.82, 2.24) is 4.90 Å². The van der Waals surface area contributed by atoms with Gasteiger partial charge in [0.05, 0.1) is 31.5 Å². The van der Waals surface area contributed by atoms with Crippen LogP contribution in [0.3, 0.4) is 0 Å². The summed E-state index contributed by atoms with van der Waals surface area (Å²) in [5, 5.41) is 0. The molecule has 0 N–H and O–H groups in total. The van der Waals surface area contributed by atoms with E-state index < -0.39 is 18.0 Å². The summed E-state index contributed by atoms with van der Waals surface area (Å²) in [5.41, 5.74) is -0.821. The van der Waals surface area contributed by atoms with E-state index in [0.29, 0.717) is 39.3 Å². The number of rotatable bonds is 51. The number of carbonyl (C=O) groups is 2. The third kappa shape index (κ3) is 38.1. The largest absolute Gasteiger partial charge is 0.465 e. The molecule has 0 bridgehead atoms. The molecule has 0 aliphatic carbocycles. The second-order valence-electron chi connectivity index (χ2n) is 19.6. The van der Waals surface area contributed by atoms with Gasteiger partial charge in [0.15, 0.2) is 18.9 Å². The predicted molar refractivity (Wildman–Crippen MR) is 274 cm³/mol. The first kappa shape index (κ1) is 63.7. The smallest absolute Gasteiger partial charge is 0.305 e. The van der Waals surface area contributed by atoms with Gasteiger partial charge in [-0.05, 0) is 38.8 Å². The van der Waals surface area contributed by atoms with Crippen molar-refractivity contribution in [1.29, 1.82) is 0 Å². The van der Waals surface area contributed by atoms with E-state index in [-0.39, 0.29) is 57.5 Å². The Hall–Kier alpha value is -1.34. The molecule has 1 aliphatic heterocycles. The molecular formula is C56H109NO10. The molecule has 0 saturated carbocycles. The number of ether oxygens (including phenoxy) is 8. The highest BCUT2D eigenvalue weighted by Crippen LogP contribution is 2.28. The van der Waals surface area contributed by atoms with Gasteiger partial charge >= 0.3 is 11.9 Å². The van der Waals surface area contributed by atoms with Crippen LogP contribution in [0.5, 0.6) is 0 Å². The summed E-state index contributed by atoms with van der Waals surface area (Å²) >= 11 is 0. The lowest BCUT2D eigenvalue weighted by Crippen LogP contribution is -2.49. The predicted octanol–water partition coefficient (Wildman–Crippen LogP) is 14.4. The van der Waals surface area contributed by atoms with Crippen molar-refractivity contribution >= 4 is 11.9 Å². The van der Waals surface area contributed by atoms with Gasteiger partial charge in [0.1, 0.15) is 13.2 Å². The number of esters is 2. The van der Waals surface area contributed by atoms with Crippen LogP contribution in [0.4, 0.5) is 0 Å². The highest BCUT2D eigenvalue weighted by atomic mass is 16.7. The molecule has 1 saturated heterocycles. The van der Waals surface area contributed by atoms with Crippen molar-refractivity contribution in [2.75, 3.05) is 72.5 Å². The minimum Gasteiger partial charge on any atom is -0.465 e. The molecule has 0 aromatic heterocycles. The second-order valence-corrected chi connectivity index (χ2v) is 19.6. The van der Waals surface area contributed by atoms with Gasteiger partial charge in [0, 0.05) is 52.2 Å². The van der Waals surface area contributed by atoms with Gasteiger partial charge in [-0.15, -0.1) is 0 Å². The van der Waals surface area contributed by atoms with Gasteiger partial charge in [-0.1, -0.05) is 196 Å². The van der Waals surface area contributed by atoms with Gasteiger partial charge in [-0.25, -0.2) is 0 Å². The number of carbonyl (C=O) groups excluding carboxylic acids is 2. The molecule has 398 valence electrons. The number of hydrogen-bond acceptors (Lipinski definition) is 11. The summed E-state index contributed by atoms with van der Waals surface area (Å²) in [6, 6.07) is 0. The molecule has 11 heteroatoms. The maximum atomic E-state index is 13.4. The SMILES string of the molecule is CCCCCCCCCOC(CCC(=O)OCC1(COC(=O)CCC(OCCCCCCCCC)OCCCCCCCCC)COC(CCN(CC)CC)OC1)OCCCCCCCCC. The summed E-state index contributed by atoms with van der Waals surface area (Å²) < 4.78 is 49.3. The molecule has 0 aromatic carbocycles. The molecule has 67 heavy (non-hydrogen) atoms. The number of nitrogens with zero attached hydrogens (tertiary/aromatic N) is 1. The van der Waals surface area contributed by atoms with Crippen molar-refractivity contribution in [3.63, 3.8) is 0 Å². The van der Waals surface area contributed by atoms with Crippen molar-refractivity contribution in [3.8, 4) is 0 Å². The molecule has 0 atom stereocenters. The van der Waals surface area contributed by atoms with Gasteiger partial charge in [0.2, 0.25) is 0 Å². The minimum absolute atomic E-state index is 0.0239. The van der Waals surface area contributed by atoms with E-state index in [1.165, 1.54) is 128 Å². The molecular weight excluding hydrogens is 847 g/mol. The third-order valence-corrected chi connectivity index (χ3v) is 13.2. The molecule has 0 spiro atoms. The van der Waals surface area contributed by atoms with Gasteiger partial charge in [-0.2, -0.15) is 0 Å². The Bertz CT molecular complexity index is 963. The van der Waals surface area contributed by atoms with Crippen LogP contribution in [0.15, 0.2) is 0 Å². The van der Waals surface area contributed by atoms with Crippen LogP contribution in [-0.4, -0.2) is 108 Å².